The monoisotopic (exact) mass is 288 g/mol. The van der Waals surface area contributed by atoms with Crippen molar-refractivity contribution in [3.05, 3.63) is 42.1 Å². The molecule has 0 aliphatic rings. The Morgan fingerprint density at radius 3 is 2.86 bits per heavy atom. The molecule has 2 aromatic rings. The van der Waals surface area contributed by atoms with Gasteiger partial charge in [0, 0.05) is 31.3 Å². The average molecular weight is 288 g/mol. The van der Waals surface area contributed by atoms with Gasteiger partial charge in [0.2, 0.25) is 0 Å². The van der Waals surface area contributed by atoms with Gasteiger partial charge in [-0.3, -0.25) is 4.98 Å². The predicted octanol–water partition coefficient (Wildman–Crippen LogP) is 2.94. The van der Waals surface area contributed by atoms with Gasteiger partial charge in [-0.05, 0) is 30.7 Å². The van der Waals surface area contributed by atoms with Gasteiger partial charge < -0.3 is 14.8 Å². The summed E-state index contributed by atoms with van der Waals surface area (Å²) in [6, 6.07) is 10.7. The van der Waals surface area contributed by atoms with E-state index >= 15 is 0 Å². The van der Waals surface area contributed by atoms with E-state index in [1.165, 1.54) is 10.9 Å². The van der Waals surface area contributed by atoms with Crippen molar-refractivity contribution in [2.24, 2.45) is 0 Å². The molecule has 1 heterocycles. The third-order valence-electron chi connectivity index (χ3n) is 3.45. The molecule has 0 fully saturated rings. The van der Waals surface area contributed by atoms with Gasteiger partial charge in [-0.25, -0.2) is 0 Å². The molecule has 4 nitrogen and oxygen atoms in total. The molecule has 1 N–H and O–H groups in total. The van der Waals surface area contributed by atoms with Gasteiger partial charge in [0.15, 0.2) is 0 Å². The topological polar surface area (TPSA) is 43.4 Å². The Balaban J connectivity index is 2.01. The van der Waals surface area contributed by atoms with Crippen molar-refractivity contribution in [3.63, 3.8) is 0 Å². The number of nitrogens with zero attached hydrogens (tertiary/aromatic N) is 1. The van der Waals surface area contributed by atoms with Crippen LogP contribution in [0.2, 0.25) is 0 Å². The molecule has 0 radical (unpaired) electrons. The number of aromatic nitrogens is 1. The Hall–Kier alpha value is -1.49. The molecule has 0 saturated heterocycles. The second-order valence-electron chi connectivity index (χ2n) is 4.97. The van der Waals surface area contributed by atoms with Crippen molar-refractivity contribution in [2.45, 2.75) is 19.4 Å². The van der Waals surface area contributed by atoms with Crippen LogP contribution in [0.25, 0.3) is 10.9 Å². The number of hydrogen-bond acceptors (Lipinski definition) is 4. The Bertz CT molecular complexity index is 545. The summed E-state index contributed by atoms with van der Waals surface area (Å²) in [7, 11) is 1.69. The van der Waals surface area contributed by atoms with Gasteiger partial charge in [0.05, 0.1) is 18.7 Å². The quantitative estimate of drug-likeness (QED) is 0.721. The van der Waals surface area contributed by atoms with E-state index in [0.29, 0.717) is 19.8 Å². The van der Waals surface area contributed by atoms with Crippen LogP contribution in [-0.4, -0.2) is 38.5 Å². The number of benzene rings is 1. The molecular formula is C17H24N2O2. The van der Waals surface area contributed by atoms with Crippen LogP contribution in [0.5, 0.6) is 0 Å². The lowest BCUT2D eigenvalue weighted by Crippen LogP contribution is -2.22. The molecule has 0 saturated carbocycles. The van der Waals surface area contributed by atoms with Crippen LogP contribution >= 0.6 is 0 Å². The van der Waals surface area contributed by atoms with Gasteiger partial charge >= 0.3 is 0 Å². The third-order valence-corrected chi connectivity index (χ3v) is 3.45. The number of rotatable bonds is 9. The fraction of sp³-hybridized carbons (Fsp3) is 0.471. The molecular weight excluding hydrogens is 264 g/mol. The zero-order valence-electron chi connectivity index (χ0n) is 12.8. The highest BCUT2D eigenvalue weighted by Gasteiger charge is 2.11. The predicted molar refractivity (Wildman–Crippen MR) is 85.5 cm³/mol. The number of methoxy groups -OCH3 is 1. The summed E-state index contributed by atoms with van der Waals surface area (Å²) < 4.78 is 10.6. The van der Waals surface area contributed by atoms with E-state index in [4.69, 9.17) is 9.47 Å². The van der Waals surface area contributed by atoms with E-state index < -0.39 is 0 Å². The minimum atomic E-state index is 0.273. The summed E-state index contributed by atoms with van der Waals surface area (Å²) in [6.45, 7) is 5.05. The molecule has 1 aromatic carbocycles. The molecule has 4 heteroatoms. The molecule has 1 aromatic heterocycles. The number of para-hydroxylation sites is 1. The fourth-order valence-electron chi connectivity index (χ4n) is 2.36. The fourth-order valence-corrected chi connectivity index (χ4v) is 2.36. The molecule has 0 bridgehead atoms. The molecule has 21 heavy (non-hydrogen) atoms. The number of nitrogens with one attached hydrogen (secondary N) is 1. The lowest BCUT2D eigenvalue weighted by molar-refractivity contribution is 0.0658. The Kier molecular flexibility index (Phi) is 6.60. The molecule has 0 spiro atoms. The lowest BCUT2D eigenvalue weighted by atomic mass is 10.0. The summed E-state index contributed by atoms with van der Waals surface area (Å²) in [5, 5.41) is 4.68. The smallest absolute Gasteiger partial charge is 0.0702 e. The zero-order chi connectivity index (χ0) is 14.9. The molecule has 2 rings (SSSR count). The van der Waals surface area contributed by atoms with Crippen LogP contribution in [0.15, 0.2) is 36.5 Å². The Labute approximate surface area is 126 Å². The summed E-state index contributed by atoms with van der Waals surface area (Å²) in [4.78, 5) is 4.54. The van der Waals surface area contributed by atoms with Gasteiger partial charge in [-0.2, -0.15) is 0 Å². The second-order valence-corrected chi connectivity index (χ2v) is 4.97. The highest BCUT2D eigenvalue weighted by molar-refractivity contribution is 5.78. The largest absolute Gasteiger partial charge is 0.382 e. The van der Waals surface area contributed by atoms with Crippen molar-refractivity contribution in [2.75, 3.05) is 33.5 Å². The van der Waals surface area contributed by atoms with E-state index in [0.717, 1.165) is 18.5 Å². The first-order valence-electron chi connectivity index (χ1n) is 7.50. The summed E-state index contributed by atoms with van der Waals surface area (Å²) in [5.74, 6) is 0. The normalized spacial score (nSPS) is 12.7. The Morgan fingerprint density at radius 1 is 1.19 bits per heavy atom. The average Bonchev–Trinajstić information content (AvgIpc) is 2.53. The minimum Gasteiger partial charge on any atom is -0.382 e. The van der Waals surface area contributed by atoms with E-state index in [1.807, 2.05) is 24.4 Å². The molecule has 1 atom stereocenters. The van der Waals surface area contributed by atoms with E-state index in [-0.39, 0.29) is 6.04 Å². The van der Waals surface area contributed by atoms with Crippen LogP contribution < -0.4 is 5.32 Å². The first-order valence-corrected chi connectivity index (χ1v) is 7.50. The van der Waals surface area contributed by atoms with Crippen molar-refractivity contribution < 1.29 is 9.47 Å². The number of ether oxygens (including phenoxy) is 2. The number of pyridine rings is 1. The Morgan fingerprint density at radius 2 is 2.05 bits per heavy atom. The van der Waals surface area contributed by atoms with Crippen molar-refractivity contribution >= 4 is 10.9 Å². The summed E-state index contributed by atoms with van der Waals surface area (Å²) >= 11 is 0. The van der Waals surface area contributed by atoms with Gasteiger partial charge in [-0.15, -0.1) is 0 Å². The highest BCUT2D eigenvalue weighted by atomic mass is 16.5. The van der Waals surface area contributed by atoms with E-state index in [1.54, 1.807) is 7.11 Å². The molecule has 0 amide bonds. The molecule has 0 aliphatic heterocycles. The zero-order valence-corrected chi connectivity index (χ0v) is 12.8. The van der Waals surface area contributed by atoms with Crippen molar-refractivity contribution in [1.29, 1.82) is 0 Å². The van der Waals surface area contributed by atoms with Crippen LogP contribution in [0.3, 0.4) is 0 Å². The standard InChI is InChI=1S/C17H24N2O2/c1-3-18-17(8-9-21-11-10-20-2)15-12-14-6-4-5-7-16(14)19-13-15/h4-7,12-13,17-18H,3,8-11H2,1-2H3. The molecule has 0 aliphatic carbocycles. The van der Waals surface area contributed by atoms with Crippen LogP contribution in [0.4, 0.5) is 0 Å². The third kappa shape index (κ3) is 4.77. The number of hydrogen-bond donors (Lipinski definition) is 1. The van der Waals surface area contributed by atoms with Gasteiger partial charge in [0.1, 0.15) is 0 Å². The SMILES string of the molecule is CCNC(CCOCCOC)c1cnc2ccccc2c1. The second kappa shape index (κ2) is 8.72. The van der Waals surface area contributed by atoms with E-state index in [9.17, 15) is 0 Å². The first kappa shape index (κ1) is 15.9. The highest BCUT2D eigenvalue weighted by Crippen LogP contribution is 2.20. The van der Waals surface area contributed by atoms with Crippen molar-refractivity contribution in [3.8, 4) is 0 Å². The van der Waals surface area contributed by atoms with Crippen LogP contribution in [0.1, 0.15) is 24.9 Å². The molecule has 114 valence electrons. The van der Waals surface area contributed by atoms with Crippen LogP contribution in [-0.2, 0) is 9.47 Å². The lowest BCUT2D eigenvalue weighted by Gasteiger charge is -2.18. The molecule has 1 unspecified atom stereocenters. The van der Waals surface area contributed by atoms with Gasteiger partial charge in [-0.1, -0.05) is 25.1 Å². The maximum absolute atomic E-state index is 5.57. The number of fused-ring (bicyclic) bond motifs is 1. The summed E-state index contributed by atoms with van der Waals surface area (Å²) in [5.41, 5.74) is 2.25. The van der Waals surface area contributed by atoms with Crippen molar-refractivity contribution in [1.82, 2.24) is 10.3 Å². The maximum atomic E-state index is 5.57. The van der Waals surface area contributed by atoms with Gasteiger partial charge in [0.25, 0.3) is 0 Å². The van der Waals surface area contributed by atoms with Crippen LogP contribution in [0, 0.1) is 0 Å². The minimum absolute atomic E-state index is 0.273. The van der Waals surface area contributed by atoms with E-state index in [2.05, 4.69) is 29.4 Å². The first-order chi connectivity index (χ1) is 10.3. The maximum Gasteiger partial charge on any atom is 0.0702 e. The summed E-state index contributed by atoms with van der Waals surface area (Å²) in [6.07, 6.45) is 2.89.